The van der Waals surface area contributed by atoms with Gasteiger partial charge in [0.1, 0.15) is 11.9 Å². The van der Waals surface area contributed by atoms with Crippen molar-refractivity contribution >= 4 is 5.69 Å². The third-order valence-electron chi connectivity index (χ3n) is 5.39. The largest absolute Gasteiger partial charge is 0.490 e. The van der Waals surface area contributed by atoms with Crippen LogP contribution in [-0.4, -0.2) is 38.3 Å². The van der Waals surface area contributed by atoms with Crippen LogP contribution in [0.15, 0.2) is 30.5 Å². The molecule has 0 aliphatic heterocycles. The second-order valence-electron chi connectivity index (χ2n) is 7.40. The number of benzene rings is 1. The van der Waals surface area contributed by atoms with Gasteiger partial charge in [-0.1, -0.05) is 0 Å². The van der Waals surface area contributed by atoms with Gasteiger partial charge in [-0.25, -0.2) is 0 Å². The summed E-state index contributed by atoms with van der Waals surface area (Å²) in [6, 6.07) is 7.35. The zero-order chi connectivity index (χ0) is 19.4. The Bertz CT molecular complexity index is 721. The van der Waals surface area contributed by atoms with Gasteiger partial charge >= 0.3 is 0 Å². The molecule has 148 valence electrons. The van der Waals surface area contributed by atoms with E-state index in [9.17, 15) is 10.2 Å². The van der Waals surface area contributed by atoms with Crippen LogP contribution in [0.5, 0.6) is 5.75 Å². The van der Waals surface area contributed by atoms with Crippen LogP contribution in [-0.2, 0) is 6.54 Å². The Hall–Kier alpha value is -2.05. The fraction of sp³-hybridized carbons (Fsp3) is 0.571. The van der Waals surface area contributed by atoms with E-state index in [-0.39, 0.29) is 0 Å². The lowest BCUT2D eigenvalue weighted by atomic mass is 9.98. The van der Waals surface area contributed by atoms with Gasteiger partial charge in [-0.15, -0.1) is 0 Å². The van der Waals surface area contributed by atoms with Crippen molar-refractivity contribution in [1.82, 2.24) is 9.78 Å². The Morgan fingerprint density at radius 1 is 1.22 bits per heavy atom. The predicted octanol–water partition coefficient (Wildman–Crippen LogP) is 3.43. The van der Waals surface area contributed by atoms with Crippen LogP contribution >= 0.6 is 0 Å². The van der Waals surface area contributed by atoms with E-state index in [0.29, 0.717) is 6.10 Å². The molecule has 1 saturated carbocycles. The average molecular weight is 373 g/mol. The molecular weight excluding hydrogens is 342 g/mol. The number of rotatable bonds is 8. The fourth-order valence-electron chi connectivity index (χ4n) is 3.72. The van der Waals surface area contributed by atoms with E-state index < -0.39 is 18.2 Å². The summed E-state index contributed by atoms with van der Waals surface area (Å²) in [6.45, 7) is 6.36. The third kappa shape index (κ3) is 4.62. The number of aliphatic hydroxyl groups is 2. The first-order valence-corrected chi connectivity index (χ1v) is 9.91. The Morgan fingerprint density at radius 2 is 1.89 bits per heavy atom. The van der Waals surface area contributed by atoms with Crippen molar-refractivity contribution in [3.8, 4) is 5.75 Å². The molecule has 0 saturated heterocycles. The van der Waals surface area contributed by atoms with E-state index in [2.05, 4.69) is 10.4 Å². The van der Waals surface area contributed by atoms with E-state index >= 15 is 0 Å². The summed E-state index contributed by atoms with van der Waals surface area (Å²) in [7, 11) is 0. The van der Waals surface area contributed by atoms with Gasteiger partial charge in [0.25, 0.3) is 0 Å². The highest BCUT2D eigenvalue weighted by atomic mass is 16.5. The smallest absolute Gasteiger partial charge is 0.119 e. The van der Waals surface area contributed by atoms with Gasteiger partial charge in [0, 0.05) is 23.5 Å². The number of hydrogen-bond acceptors (Lipinski definition) is 5. The molecule has 1 aromatic heterocycles. The summed E-state index contributed by atoms with van der Waals surface area (Å²) in [6.07, 6.45) is 5.02. The summed E-state index contributed by atoms with van der Waals surface area (Å²) in [5.74, 6) is 0.870. The molecule has 1 fully saturated rings. The number of aliphatic hydroxyl groups excluding tert-OH is 2. The van der Waals surface area contributed by atoms with Crippen LogP contribution in [0.3, 0.4) is 0 Å². The first-order valence-electron chi connectivity index (χ1n) is 9.91. The Morgan fingerprint density at radius 3 is 2.44 bits per heavy atom. The maximum atomic E-state index is 10.6. The van der Waals surface area contributed by atoms with Gasteiger partial charge in [0.15, 0.2) is 0 Å². The first kappa shape index (κ1) is 19.7. The fourth-order valence-corrected chi connectivity index (χ4v) is 3.72. The molecule has 27 heavy (non-hydrogen) atoms. The monoisotopic (exact) mass is 373 g/mol. The molecule has 3 rings (SSSR count). The van der Waals surface area contributed by atoms with E-state index in [1.807, 2.05) is 42.8 Å². The number of aryl methyl sites for hydroxylation is 1. The van der Waals surface area contributed by atoms with Crippen LogP contribution in [0.1, 0.15) is 56.8 Å². The van der Waals surface area contributed by atoms with Crippen molar-refractivity contribution in [3.05, 3.63) is 41.7 Å². The van der Waals surface area contributed by atoms with Crippen molar-refractivity contribution in [3.63, 3.8) is 0 Å². The number of aromatic nitrogens is 2. The van der Waals surface area contributed by atoms with Gasteiger partial charge in [0.05, 0.1) is 24.4 Å². The molecule has 6 heteroatoms. The SMILES string of the molecule is CCn1ncc([C@@H](Nc2ccc(OC3CCCC3)cc2)[C@H](O)[C@H](C)O)c1C. The zero-order valence-corrected chi connectivity index (χ0v) is 16.4. The molecule has 1 aromatic carbocycles. The number of nitrogens with one attached hydrogen (secondary N) is 1. The Balaban J connectivity index is 1.76. The molecule has 0 unspecified atom stereocenters. The van der Waals surface area contributed by atoms with Crippen LogP contribution < -0.4 is 10.1 Å². The van der Waals surface area contributed by atoms with Crippen LogP contribution in [0, 0.1) is 6.92 Å². The van der Waals surface area contributed by atoms with Gasteiger partial charge in [-0.05, 0) is 70.7 Å². The molecule has 6 nitrogen and oxygen atoms in total. The standard InChI is InChI=1S/C21H31N3O3/c1-4-24-14(2)19(13-22-24)20(21(26)15(3)25)23-16-9-11-18(12-10-16)27-17-7-5-6-8-17/h9-13,15,17,20-21,23,25-26H,4-8H2,1-3H3/t15-,20+,21+/m0/s1. The molecule has 0 bridgehead atoms. The lowest BCUT2D eigenvalue weighted by molar-refractivity contribution is 0.0188. The lowest BCUT2D eigenvalue weighted by Gasteiger charge is -2.27. The predicted molar refractivity (Wildman–Crippen MR) is 106 cm³/mol. The van der Waals surface area contributed by atoms with Crippen molar-refractivity contribution < 1.29 is 14.9 Å². The number of hydrogen-bond donors (Lipinski definition) is 3. The highest BCUT2D eigenvalue weighted by Crippen LogP contribution is 2.29. The van der Waals surface area contributed by atoms with Gasteiger partial charge < -0.3 is 20.3 Å². The molecule has 0 spiro atoms. The second kappa shape index (κ2) is 8.76. The summed E-state index contributed by atoms with van der Waals surface area (Å²) in [4.78, 5) is 0. The molecule has 2 aromatic rings. The molecular formula is C21H31N3O3. The van der Waals surface area contributed by atoms with Crippen LogP contribution in [0.4, 0.5) is 5.69 Å². The van der Waals surface area contributed by atoms with E-state index in [1.54, 1.807) is 13.1 Å². The molecule has 1 heterocycles. The van der Waals surface area contributed by atoms with Crippen molar-refractivity contribution in [1.29, 1.82) is 0 Å². The number of ether oxygens (including phenoxy) is 1. The summed E-state index contributed by atoms with van der Waals surface area (Å²) in [5.41, 5.74) is 2.73. The van der Waals surface area contributed by atoms with E-state index in [4.69, 9.17) is 4.74 Å². The highest BCUT2D eigenvalue weighted by molar-refractivity contribution is 5.49. The Kier molecular flexibility index (Phi) is 6.39. The zero-order valence-electron chi connectivity index (χ0n) is 16.4. The maximum absolute atomic E-state index is 10.6. The number of anilines is 1. The maximum Gasteiger partial charge on any atom is 0.119 e. The minimum atomic E-state index is -0.951. The third-order valence-corrected chi connectivity index (χ3v) is 5.39. The first-order chi connectivity index (χ1) is 13.0. The van der Waals surface area contributed by atoms with Crippen LogP contribution in [0.2, 0.25) is 0 Å². The second-order valence-corrected chi connectivity index (χ2v) is 7.40. The quantitative estimate of drug-likeness (QED) is 0.661. The lowest BCUT2D eigenvalue weighted by Crippen LogP contribution is -2.34. The van der Waals surface area contributed by atoms with Gasteiger partial charge in [0.2, 0.25) is 0 Å². The molecule has 0 radical (unpaired) electrons. The molecule has 1 aliphatic rings. The summed E-state index contributed by atoms with van der Waals surface area (Å²) < 4.78 is 7.90. The Labute approximate surface area is 161 Å². The van der Waals surface area contributed by atoms with Gasteiger partial charge in [-0.2, -0.15) is 5.10 Å². The average Bonchev–Trinajstić information content (AvgIpc) is 3.30. The highest BCUT2D eigenvalue weighted by Gasteiger charge is 2.28. The van der Waals surface area contributed by atoms with Crippen molar-refractivity contribution in [2.75, 3.05) is 5.32 Å². The minimum absolute atomic E-state index is 0.330. The minimum Gasteiger partial charge on any atom is -0.490 e. The van der Waals surface area contributed by atoms with E-state index in [0.717, 1.165) is 42.1 Å². The van der Waals surface area contributed by atoms with E-state index in [1.165, 1.54) is 12.8 Å². The summed E-state index contributed by atoms with van der Waals surface area (Å²) >= 11 is 0. The van der Waals surface area contributed by atoms with Gasteiger partial charge in [-0.3, -0.25) is 4.68 Å². The van der Waals surface area contributed by atoms with Crippen molar-refractivity contribution in [2.24, 2.45) is 0 Å². The molecule has 1 aliphatic carbocycles. The molecule has 3 N–H and O–H groups in total. The number of nitrogens with zero attached hydrogens (tertiary/aromatic N) is 2. The molecule has 3 atom stereocenters. The molecule has 0 amide bonds. The normalized spacial score (nSPS) is 18.3. The topological polar surface area (TPSA) is 79.5 Å². The summed E-state index contributed by atoms with van der Waals surface area (Å²) in [5, 5.41) is 28.3. The van der Waals surface area contributed by atoms with Crippen LogP contribution in [0.25, 0.3) is 0 Å². The van der Waals surface area contributed by atoms with Crippen molar-refractivity contribution in [2.45, 2.75) is 77.4 Å².